The summed E-state index contributed by atoms with van der Waals surface area (Å²) in [7, 11) is 0. The number of fused-ring (bicyclic) bond motifs is 8. The SMILES string of the molecule is CCc1c(F)ccc2cc3[nH]ncc3c(-c3[nH]nc4c3C3(CC3)c3nc(OC[C@@]56CCCN5C[C@H](F)C6)nc(N5CCOC[C@@](C)(O)C5)c3-4)c12. The molecule has 2 aliphatic carbocycles. The average molecular weight is 683 g/mol. The van der Waals surface area contributed by atoms with Crippen molar-refractivity contribution >= 4 is 27.5 Å². The largest absolute Gasteiger partial charge is 0.461 e. The molecule has 2 aromatic carbocycles. The van der Waals surface area contributed by atoms with E-state index in [0.29, 0.717) is 57.1 Å². The fraction of sp³-hybridized carbons (Fsp3) is 0.514. The molecule has 5 aromatic rings. The monoisotopic (exact) mass is 682 g/mol. The molecule has 0 bridgehead atoms. The minimum absolute atomic E-state index is 0.211. The summed E-state index contributed by atoms with van der Waals surface area (Å²) in [6, 6.07) is 5.65. The maximum atomic E-state index is 15.5. The number of aliphatic hydroxyl groups is 1. The number of halogens is 2. The van der Waals surface area contributed by atoms with Crippen molar-refractivity contribution < 1.29 is 23.4 Å². The van der Waals surface area contributed by atoms with Crippen LogP contribution < -0.4 is 9.64 Å². The van der Waals surface area contributed by atoms with Gasteiger partial charge in [-0.2, -0.15) is 20.2 Å². The van der Waals surface area contributed by atoms with E-state index in [4.69, 9.17) is 24.5 Å². The summed E-state index contributed by atoms with van der Waals surface area (Å²) >= 11 is 0. The van der Waals surface area contributed by atoms with E-state index in [1.54, 1.807) is 13.1 Å². The Morgan fingerprint density at radius 1 is 1.14 bits per heavy atom. The Labute approximate surface area is 287 Å². The van der Waals surface area contributed by atoms with E-state index in [-0.39, 0.29) is 24.0 Å². The second kappa shape index (κ2) is 10.7. The van der Waals surface area contributed by atoms with Crippen molar-refractivity contribution in [2.75, 3.05) is 50.9 Å². The predicted molar refractivity (Wildman–Crippen MR) is 184 cm³/mol. The summed E-state index contributed by atoms with van der Waals surface area (Å²) in [6.45, 7) is 6.82. The van der Waals surface area contributed by atoms with Crippen LogP contribution in [0.3, 0.4) is 0 Å². The number of H-pyrrole nitrogens is 2. The molecule has 0 amide bonds. The van der Waals surface area contributed by atoms with E-state index in [9.17, 15) is 9.50 Å². The van der Waals surface area contributed by atoms with E-state index >= 15 is 4.39 Å². The number of hydrogen-bond donors (Lipinski definition) is 3. The third kappa shape index (κ3) is 4.35. The lowest BCUT2D eigenvalue weighted by Crippen LogP contribution is -2.44. The maximum Gasteiger partial charge on any atom is 0.318 e. The maximum absolute atomic E-state index is 15.5. The van der Waals surface area contributed by atoms with Gasteiger partial charge >= 0.3 is 6.01 Å². The van der Waals surface area contributed by atoms with Gasteiger partial charge in [-0.05, 0) is 74.0 Å². The van der Waals surface area contributed by atoms with Crippen molar-refractivity contribution in [2.45, 2.75) is 75.1 Å². The second-order valence-electron chi connectivity index (χ2n) is 15.4. The molecule has 260 valence electrons. The van der Waals surface area contributed by atoms with Crippen molar-refractivity contribution in [1.29, 1.82) is 0 Å². The van der Waals surface area contributed by atoms with E-state index in [1.807, 2.05) is 19.1 Å². The van der Waals surface area contributed by atoms with E-state index in [0.717, 1.165) is 87.7 Å². The smallest absolute Gasteiger partial charge is 0.318 e. The molecule has 1 saturated carbocycles. The summed E-state index contributed by atoms with van der Waals surface area (Å²) in [5.74, 6) is 0.401. The Bertz CT molecular complexity index is 2190. The Balaban J connectivity index is 1.16. The first kappa shape index (κ1) is 30.6. The van der Waals surface area contributed by atoms with Crippen molar-refractivity contribution in [3.8, 4) is 28.5 Å². The summed E-state index contributed by atoms with van der Waals surface area (Å²) in [6.07, 6.45) is 5.52. The van der Waals surface area contributed by atoms with Gasteiger partial charge in [-0.25, -0.2) is 8.78 Å². The van der Waals surface area contributed by atoms with Crippen LogP contribution in [0.25, 0.3) is 44.2 Å². The highest BCUT2D eigenvalue weighted by Crippen LogP contribution is 2.65. The highest BCUT2D eigenvalue weighted by atomic mass is 19.1. The normalized spacial score (nSPS) is 26.9. The number of nitrogens with zero attached hydrogens (tertiary/aromatic N) is 6. The van der Waals surface area contributed by atoms with Gasteiger partial charge in [0.25, 0.3) is 0 Å². The number of aryl methyl sites for hydroxylation is 1. The third-order valence-corrected chi connectivity index (χ3v) is 11.9. The van der Waals surface area contributed by atoms with Crippen molar-refractivity contribution in [3.63, 3.8) is 0 Å². The lowest BCUT2D eigenvalue weighted by Gasteiger charge is -2.32. The topological polar surface area (TPSA) is 128 Å². The molecule has 3 N–H and O–H groups in total. The predicted octanol–water partition coefficient (Wildman–Crippen LogP) is 5.20. The molecular formula is C37H40F2N8O3. The number of aromatic nitrogens is 6. The van der Waals surface area contributed by atoms with Crippen molar-refractivity contribution in [1.82, 2.24) is 35.3 Å². The first-order valence-corrected chi connectivity index (χ1v) is 17.9. The lowest BCUT2D eigenvalue weighted by molar-refractivity contribution is -0.0123. The Morgan fingerprint density at radius 3 is 2.86 bits per heavy atom. The molecule has 5 aliphatic rings. The first-order chi connectivity index (χ1) is 24.2. The number of alkyl halides is 1. The molecule has 3 aromatic heterocycles. The Morgan fingerprint density at radius 2 is 2.02 bits per heavy atom. The highest BCUT2D eigenvalue weighted by Gasteiger charge is 2.59. The zero-order valence-corrected chi connectivity index (χ0v) is 28.3. The van der Waals surface area contributed by atoms with E-state index in [2.05, 4.69) is 25.1 Å². The highest BCUT2D eigenvalue weighted by molar-refractivity contribution is 6.13. The zero-order valence-electron chi connectivity index (χ0n) is 28.3. The van der Waals surface area contributed by atoms with Crippen LogP contribution in [-0.2, 0) is 16.6 Å². The van der Waals surface area contributed by atoms with E-state index in [1.165, 1.54) is 6.07 Å². The molecule has 13 heteroatoms. The van der Waals surface area contributed by atoms with Gasteiger partial charge in [0, 0.05) is 41.4 Å². The average Bonchev–Trinajstić information content (AvgIpc) is 3.39. The molecule has 3 aliphatic heterocycles. The molecule has 0 radical (unpaired) electrons. The fourth-order valence-corrected chi connectivity index (χ4v) is 9.57. The van der Waals surface area contributed by atoms with Crippen LogP contribution in [-0.4, -0.2) is 104 Å². The van der Waals surface area contributed by atoms with Gasteiger partial charge in [-0.15, -0.1) is 0 Å². The number of hydrogen-bond acceptors (Lipinski definition) is 9. The Hall–Kier alpha value is -4.20. The summed E-state index contributed by atoms with van der Waals surface area (Å²) in [5, 5.41) is 29.8. The molecule has 11 nitrogen and oxygen atoms in total. The number of nitrogens with one attached hydrogen (secondary N) is 2. The van der Waals surface area contributed by atoms with Crippen LogP contribution >= 0.6 is 0 Å². The van der Waals surface area contributed by atoms with Crippen LogP contribution in [0, 0.1) is 5.82 Å². The quantitative estimate of drug-likeness (QED) is 0.222. The number of β-amino-alcohol motifs (C(OH)–C–C–N with tert-alkyl or cyclic N) is 1. The standard InChI is InChI=1S/C37H40F2N8O3/c1-3-22-24(39)6-5-20-13-25-23(15-40-43-25)27(26(20)22)30-29-31(45-44-30)28-32(37(29)8-9-37)41-34(42-33(28)46-11-12-49-18-35(2,48)17-46)50-19-36-7-4-10-47(36)16-21(38)14-36/h5-6,13,15,21,48H,3-4,7-12,14,16-19H2,1-2H3,(H,40,43)(H,44,45)/t21-,35+,36+/m1/s1. The van der Waals surface area contributed by atoms with Gasteiger partial charge in [0.2, 0.25) is 0 Å². The zero-order chi connectivity index (χ0) is 34.0. The van der Waals surface area contributed by atoms with Crippen LogP contribution in [0.15, 0.2) is 24.4 Å². The van der Waals surface area contributed by atoms with Gasteiger partial charge in [-0.3, -0.25) is 15.1 Å². The van der Waals surface area contributed by atoms with Crippen LogP contribution in [0.4, 0.5) is 14.6 Å². The molecule has 3 saturated heterocycles. The van der Waals surface area contributed by atoms with Crippen molar-refractivity contribution in [3.05, 3.63) is 47.0 Å². The van der Waals surface area contributed by atoms with Crippen LogP contribution in [0.5, 0.6) is 6.01 Å². The molecule has 0 unspecified atom stereocenters. The van der Waals surface area contributed by atoms with E-state index < -0.39 is 17.2 Å². The molecule has 1 spiro atoms. The molecule has 4 fully saturated rings. The molecule has 6 heterocycles. The number of rotatable bonds is 6. The number of anilines is 1. The second-order valence-corrected chi connectivity index (χ2v) is 15.4. The minimum atomic E-state index is -1.11. The van der Waals surface area contributed by atoms with Gasteiger partial charge < -0.3 is 19.5 Å². The molecule has 3 atom stereocenters. The molecule has 50 heavy (non-hydrogen) atoms. The van der Waals surface area contributed by atoms with Gasteiger partial charge in [0.1, 0.15) is 35.7 Å². The summed E-state index contributed by atoms with van der Waals surface area (Å²) < 4.78 is 42.4. The van der Waals surface area contributed by atoms with Crippen LogP contribution in [0.1, 0.15) is 62.8 Å². The molecular weight excluding hydrogens is 642 g/mol. The molecule has 10 rings (SSSR count). The third-order valence-electron chi connectivity index (χ3n) is 11.9. The lowest BCUT2D eigenvalue weighted by atomic mass is 9.88. The minimum Gasteiger partial charge on any atom is -0.461 e. The van der Waals surface area contributed by atoms with Gasteiger partial charge in [-0.1, -0.05) is 13.0 Å². The first-order valence-electron chi connectivity index (χ1n) is 17.9. The number of benzene rings is 2. The summed E-state index contributed by atoms with van der Waals surface area (Å²) in [4.78, 5) is 14.5. The number of ether oxygens (including phenoxy) is 2. The van der Waals surface area contributed by atoms with Crippen molar-refractivity contribution in [2.24, 2.45) is 0 Å². The van der Waals surface area contributed by atoms with Gasteiger partial charge in [0.05, 0.1) is 54.0 Å². The van der Waals surface area contributed by atoms with Gasteiger partial charge in [0.15, 0.2) is 0 Å². The summed E-state index contributed by atoms with van der Waals surface area (Å²) in [5.41, 5.74) is 4.77. The Kier molecular flexibility index (Phi) is 6.52. The number of aromatic amines is 2. The fourth-order valence-electron chi connectivity index (χ4n) is 9.57. The van der Waals surface area contributed by atoms with Crippen LogP contribution in [0.2, 0.25) is 0 Å².